The number of aliphatic carboxylic acids is 8. The van der Waals surface area contributed by atoms with Crippen LogP contribution >= 0.6 is 0 Å². The molecule has 17 nitrogen and oxygen atoms in total. The van der Waals surface area contributed by atoms with E-state index in [1.54, 1.807) is 0 Å². The molecule has 17 heteroatoms. The van der Waals surface area contributed by atoms with Gasteiger partial charge in [-0.05, 0) is 12.2 Å². The minimum Gasteiger partial charge on any atom is -0.480 e. The van der Waals surface area contributed by atoms with Crippen molar-refractivity contribution in [2.45, 2.75) is 0 Å². The smallest absolute Gasteiger partial charge is 0.331 e. The average molecular weight is 526 g/mol. The highest BCUT2D eigenvalue weighted by molar-refractivity contribution is 6.18. The largest absolute Gasteiger partial charge is 0.480 e. The van der Waals surface area contributed by atoms with Crippen molar-refractivity contribution in [2.75, 3.05) is 0 Å². The van der Waals surface area contributed by atoms with E-state index < -0.39 is 80.9 Å². The molecule has 0 atom stereocenters. The normalized spacial score (nSPS) is 19.9. The van der Waals surface area contributed by atoms with Crippen LogP contribution in [-0.4, -0.2) is 88.6 Å². The lowest BCUT2D eigenvalue weighted by Crippen LogP contribution is -2.64. The van der Waals surface area contributed by atoms with Crippen molar-refractivity contribution in [2.24, 2.45) is 21.7 Å². The van der Waals surface area contributed by atoms with E-state index in [-0.39, 0.29) is 12.2 Å². The monoisotopic (exact) mass is 526 g/mol. The van der Waals surface area contributed by atoms with Crippen LogP contribution in [0.25, 0.3) is 0 Å². The fourth-order valence-corrected chi connectivity index (χ4v) is 4.18. The number of hydrogen-bond donors (Lipinski definition) is 8. The standard InChI is InChI=1S/C20H14O17/c21-9(22)17(10(23)24)5-1-3-7(19(17,13(29)30)14(31)32)37-8-4-2-6-18(11(25)26,12(27)28)20(8,15(33)34)16(35)36/h1-6H,(H,21,22)(H,23,24)(H,25,26)(H,27,28)(H,29,30)(H,31,32)(H,33,34)(H,35,36). The zero-order chi connectivity index (χ0) is 28.7. The van der Waals surface area contributed by atoms with Crippen LogP contribution in [-0.2, 0) is 43.1 Å². The first-order valence-electron chi connectivity index (χ1n) is 9.32. The minimum absolute atomic E-state index is 0.155. The van der Waals surface area contributed by atoms with Crippen molar-refractivity contribution in [3.63, 3.8) is 0 Å². The first kappa shape index (κ1) is 27.8. The summed E-state index contributed by atoms with van der Waals surface area (Å²) >= 11 is 0. The fourth-order valence-electron chi connectivity index (χ4n) is 4.18. The molecule has 0 amide bonds. The Balaban J connectivity index is 3.03. The molecule has 0 heterocycles. The van der Waals surface area contributed by atoms with Gasteiger partial charge in [0.1, 0.15) is 11.5 Å². The van der Waals surface area contributed by atoms with Gasteiger partial charge in [-0.1, -0.05) is 24.3 Å². The first-order valence-corrected chi connectivity index (χ1v) is 9.32. The Hall–Kier alpha value is -5.48. The van der Waals surface area contributed by atoms with E-state index in [0.29, 0.717) is 24.3 Å². The molecule has 0 unspecified atom stereocenters. The molecule has 0 aromatic carbocycles. The molecule has 0 aromatic rings. The molecular formula is C20H14O17. The van der Waals surface area contributed by atoms with Gasteiger partial charge in [0.15, 0.2) is 0 Å². The molecule has 2 aliphatic carbocycles. The van der Waals surface area contributed by atoms with Crippen LogP contribution in [0, 0.1) is 21.7 Å². The Kier molecular flexibility index (Phi) is 6.47. The molecule has 0 radical (unpaired) electrons. The zero-order valence-electron chi connectivity index (χ0n) is 17.7. The molecule has 0 fully saturated rings. The predicted octanol–water partition coefficient (Wildman–Crippen LogP) is -1.47. The Morgan fingerprint density at radius 3 is 0.892 bits per heavy atom. The lowest BCUT2D eigenvalue weighted by Gasteiger charge is -2.43. The first-order chi connectivity index (χ1) is 17.0. The summed E-state index contributed by atoms with van der Waals surface area (Å²) in [4.78, 5) is 97.0. The second-order valence-corrected chi connectivity index (χ2v) is 7.44. The van der Waals surface area contributed by atoms with E-state index in [1.165, 1.54) is 0 Å². The Morgan fingerprint density at radius 2 is 0.703 bits per heavy atom. The van der Waals surface area contributed by atoms with Gasteiger partial charge in [0.05, 0.1) is 0 Å². The van der Waals surface area contributed by atoms with Gasteiger partial charge in [0.2, 0.25) is 10.8 Å². The molecule has 0 aliphatic heterocycles. The van der Waals surface area contributed by atoms with Crippen molar-refractivity contribution in [1.29, 1.82) is 0 Å². The molecular weight excluding hydrogens is 512 g/mol. The molecule has 196 valence electrons. The third-order valence-electron chi connectivity index (χ3n) is 5.96. The summed E-state index contributed by atoms with van der Waals surface area (Å²) in [5.74, 6) is -24.4. The topological polar surface area (TPSA) is 308 Å². The van der Waals surface area contributed by atoms with Gasteiger partial charge in [-0.3, -0.25) is 38.4 Å². The van der Waals surface area contributed by atoms with Crippen molar-refractivity contribution >= 4 is 47.8 Å². The number of carbonyl (C=O) groups is 8. The molecule has 0 aromatic heterocycles. The van der Waals surface area contributed by atoms with Crippen molar-refractivity contribution in [3.05, 3.63) is 48.0 Å². The maximum Gasteiger partial charge on any atom is 0.331 e. The highest BCUT2D eigenvalue weighted by atomic mass is 16.5. The maximum atomic E-state index is 12.3. The molecule has 8 N–H and O–H groups in total. The van der Waals surface area contributed by atoms with Gasteiger partial charge in [-0.15, -0.1) is 0 Å². The number of carboxylic acids is 8. The molecule has 37 heavy (non-hydrogen) atoms. The number of ether oxygens (including phenoxy) is 1. The Labute approximate surface area is 202 Å². The van der Waals surface area contributed by atoms with Crippen LogP contribution in [0.4, 0.5) is 0 Å². The van der Waals surface area contributed by atoms with E-state index in [1.807, 2.05) is 0 Å². The summed E-state index contributed by atoms with van der Waals surface area (Å²) in [6.07, 6.45) is 1.99. The Bertz CT molecular complexity index is 1140. The molecule has 2 rings (SSSR count). The van der Waals surface area contributed by atoms with E-state index >= 15 is 0 Å². The summed E-state index contributed by atoms with van der Waals surface area (Å²) in [6, 6.07) is 0. The van der Waals surface area contributed by atoms with E-state index in [0.717, 1.165) is 0 Å². The predicted molar refractivity (Wildman–Crippen MR) is 106 cm³/mol. The molecule has 0 bridgehead atoms. The second-order valence-electron chi connectivity index (χ2n) is 7.44. The van der Waals surface area contributed by atoms with Crippen molar-refractivity contribution in [3.8, 4) is 0 Å². The molecule has 0 saturated carbocycles. The number of hydrogen-bond acceptors (Lipinski definition) is 9. The maximum absolute atomic E-state index is 12.3. The van der Waals surface area contributed by atoms with Gasteiger partial charge < -0.3 is 45.6 Å². The van der Waals surface area contributed by atoms with Gasteiger partial charge in [-0.25, -0.2) is 0 Å². The quantitative estimate of drug-likeness (QED) is 0.151. The van der Waals surface area contributed by atoms with E-state index in [9.17, 15) is 79.2 Å². The lowest BCUT2D eigenvalue weighted by atomic mass is 9.58. The van der Waals surface area contributed by atoms with Gasteiger partial charge >= 0.3 is 47.8 Å². The summed E-state index contributed by atoms with van der Waals surface area (Å²) in [5, 5.41) is 77.7. The number of rotatable bonds is 10. The fraction of sp³-hybridized carbons (Fsp3) is 0.200. The SMILES string of the molecule is O=C(O)C1(C(=O)O)C=CC=C(OC2=CC=CC(C(=O)O)(C(=O)O)C2(C(=O)O)C(=O)O)C1(C(=O)O)C(=O)O. The Morgan fingerprint density at radius 1 is 0.459 bits per heavy atom. The van der Waals surface area contributed by atoms with Crippen LogP contribution in [0.3, 0.4) is 0 Å². The summed E-state index contributed by atoms with van der Waals surface area (Å²) in [7, 11) is 0. The van der Waals surface area contributed by atoms with Crippen LogP contribution < -0.4 is 0 Å². The van der Waals surface area contributed by atoms with Crippen LogP contribution in [0.1, 0.15) is 0 Å². The van der Waals surface area contributed by atoms with Crippen LogP contribution in [0.15, 0.2) is 48.0 Å². The zero-order valence-corrected chi connectivity index (χ0v) is 17.7. The number of carboxylic acid groups (broad SMARTS) is 8. The molecule has 0 saturated heterocycles. The van der Waals surface area contributed by atoms with Crippen LogP contribution in [0.2, 0.25) is 0 Å². The molecule has 2 aliphatic rings. The van der Waals surface area contributed by atoms with Gasteiger partial charge in [0, 0.05) is 0 Å². The summed E-state index contributed by atoms with van der Waals surface area (Å²) < 4.78 is 4.96. The molecule has 0 spiro atoms. The van der Waals surface area contributed by atoms with Crippen molar-refractivity contribution < 1.29 is 83.9 Å². The average Bonchev–Trinajstić information content (AvgIpc) is 2.76. The number of allylic oxidation sites excluding steroid dienone is 4. The lowest BCUT2D eigenvalue weighted by molar-refractivity contribution is -0.194. The van der Waals surface area contributed by atoms with E-state index in [4.69, 9.17) is 4.74 Å². The van der Waals surface area contributed by atoms with Crippen molar-refractivity contribution in [1.82, 2.24) is 0 Å². The summed E-state index contributed by atoms with van der Waals surface area (Å²) in [5.41, 5.74) is -16.1. The highest BCUT2D eigenvalue weighted by Gasteiger charge is 2.77. The minimum atomic E-state index is -4.15. The third kappa shape index (κ3) is 3.03. The summed E-state index contributed by atoms with van der Waals surface area (Å²) in [6.45, 7) is 0. The third-order valence-corrected chi connectivity index (χ3v) is 5.96. The second kappa shape index (κ2) is 8.63. The van der Waals surface area contributed by atoms with Gasteiger partial charge in [-0.2, -0.15) is 0 Å². The van der Waals surface area contributed by atoms with Gasteiger partial charge in [0.25, 0.3) is 10.8 Å². The van der Waals surface area contributed by atoms with Crippen LogP contribution in [0.5, 0.6) is 0 Å². The highest BCUT2D eigenvalue weighted by Crippen LogP contribution is 2.55. The van der Waals surface area contributed by atoms with E-state index in [2.05, 4.69) is 0 Å².